The van der Waals surface area contributed by atoms with Crippen LogP contribution in [-0.4, -0.2) is 44.3 Å². The van der Waals surface area contributed by atoms with Crippen LogP contribution >= 0.6 is 0 Å². The van der Waals surface area contributed by atoms with Crippen LogP contribution in [0.5, 0.6) is 5.88 Å². The Bertz CT molecular complexity index is 1360. The van der Waals surface area contributed by atoms with Crippen molar-refractivity contribution < 1.29 is 9.53 Å². The molecule has 0 spiro atoms. The van der Waals surface area contributed by atoms with Gasteiger partial charge in [-0.05, 0) is 50.9 Å². The van der Waals surface area contributed by atoms with Gasteiger partial charge >= 0.3 is 0 Å². The van der Waals surface area contributed by atoms with Crippen molar-refractivity contribution >= 4 is 33.7 Å². The highest BCUT2D eigenvalue weighted by molar-refractivity contribution is 6.11. The van der Waals surface area contributed by atoms with E-state index >= 15 is 0 Å². The molecule has 3 aromatic heterocycles. The Morgan fingerprint density at radius 3 is 2.75 bits per heavy atom. The highest BCUT2D eigenvalue weighted by Gasteiger charge is 2.42. The van der Waals surface area contributed by atoms with Crippen molar-refractivity contribution in [2.24, 2.45) is 5.73 Å². The first kappa shape index (κ1) is 20.3. The fourth-order valence-corrected chi connectivity index (χ4v) is 4.45. The summed E-state index contributed by atoms with van der Waals surface area (Å²) in [6.45, 7) is 7.42. The molecule has 0 atom stereocenters. The Hall–Kier alpha value is -3.59. The minimum absolute atomic E-state index is 0.0240. The number of fused-ring (bicyclic) bond motifs is 2. The van der Waals surface area contributed by atoms with Gasteiger partial charge in [-0.15, -0.1) is 0 Å². The average molecular weight is 434 g/mol. The smallest absolute Gasteiger partial charge is 0.253 e. The number of carbonyl (C=O) groups is 1. The number of hydrogen-bond donors (Lipinski definition) is 4. The van der Waals surface area contributed by atoms with Crippen molar-refractivity contribution in [1.29, 1.82) is 0 Å². The van der Waals surface area contributed by atoms with E-state index in [0.717, 1.165) is 47.1 Å². The quantitative estimate of drug-likeness (QED) is 0.354. The second kappa shape index (κ2) is 7.23. The molecule has 1 amide bonds. The normalized spacial score (nSPS) is 14.8. The maximum absolute atomic E-state index is 12.4. The van der Waals surface area contributed by atoms with Crippen LogP contribution in [-0.2, 0) is 0 Å². The molecule has 1 saturated carbocycles. The summed E-state index contributed by atoms with van der Waals surface area (Å²) in [5.41, 5.74) is 16.5. The number of nitrogens with one attached hydrogen (secondary N) is 2. The van der Waals surface area contributed by atoms with Crippen LogP contribution in [0.25, 0.3) is 27.6 Å². The van der Waals surface area contributed by atoms with Gasteiger partial charge < -0.3 is 21.5 Å². The molecular formula is C23H27N7O2. The molecule has 1 aromatic carbocycles. The van der Waals surface area contributed by atoms with Gasteiger partial charge in [0.2, 0.25) is 5.88 Å². The standard InChI is InChI=1S/C23H27N7O2/c1-4-26-23(7-8-23)11-32-22-13(3)9-14-17(20(25)31)19(24)30(21(14)28-22)18-12(2)5-6-16-15(18)10-27-29-16/h5-6,9-10,26H,4,7-8,11,24H2,1-3H3,(H2,25,31)(H,27,29). The minimum Gasteiger partial charge on any atom is -0.475 e. The molecule has 0 bridgehead atoms. The van der Waals surface area contributed by atoms with Gasteiger partial charge in [-0.1, -0.05) is 13.0 Å². The van der Waals surface area contributed by atoms with E-state index in [1.165, 1.54) is 0 Å². The van der Waals surface area contributed by atoms with E-state index in [0.29, 0.717) is 23.5 Å². The monoisotopic (exact) mass is 433 g/mol. The Balaban J connectivity index is 1.72. The number of amides is 1. The van der Waals surface area contributed by atoms with Crippen molar-refractivity contribution in [2.75, 3.05) is 18.9 Å². The molecule has 0 saturated heterocycles. The SMILES string of the molecule is CCNC1(COc2nc3c(cc2C)c(C(N)=O)c(N)n3-c2c(C)ccc3[nH]ncc23)CC1. The molecule has 0 radical (unpaired) electrons. The summed E-state index contributed by atoms with van der Waals surface area (Å²) in [6, 6.07) is 5.81. The number of primary amides is 1. The number of benzene rings is 1. The average Bonchev–Trinajstić information content (AvgIpc) is 3.23. The Labute approximate surface area is 185 Å². The highest BCUT2D eigenvalue weighted by atomic mass is 16.5. The molecule has 1 aliphatic carbocycles. The zero-order valence-electron chi connectivity index (χ0n) is 18.5. The predicted molar refractivity (Wildman–Crippen MR) is 124 cm³/mol. The number of H-pyrrole nitrogens is 1. The van der Waals surface area contributed by atoms with Crippen LogP contribution in [0.2, 0.25) is 0 Å². The lowest BCUT2D eigenvalue weighted by Gasteiger charge is -2.18. The Morgan fingerprint density at radius 1 is 1.28 bits per heavy atom. The summed E-state index contributed by atoms with van der Waals surface area (Å²) in [5, 5.41) is 12.1. The van der Waals surface area contributed by atoms with Gasteiger partial charge in [-0.3, -0.25) is 14.5 Å². The third kappa shape index (κ3) is 3.08. The second-order valence-corrected chi connectivity index (χ2v) is 8.60. The number of nitrogen functional groups attached to an aromatic ring is 1. The zero-order chi connectivity index (χ0) is 22.6. The number of carbonyl (C=O) groups excluding carboxylic acids is 1. The Kier molecular flexibility index (Phi) is 4.59. The molecule has 4 aromatic rings. The molecule has 5 rings (SSSR count). The van der Waals surface area contributed by atoms with Crippen LogP contribution in [0.4, 0.5) is 5.82 Å². The van der Waals surface area contributed by atoms with E-state index in [9.17, 15) is 4.79 Å². The summed E-state index contributed by atoms with van der Waals surface area (Å²) in [5.74, 6) is 0.176. The number of aryl methyl sites for hydroxylation is 2. The molecule has 32 heavy (non-hydrogen) atoms. The first-order chi connectivity index (χ1) is 15.3. The molecule has 0 aliphatic heterocycles. The van der Waals surface area contributed by atoms with Gasteiger partial charge in [0.05, 0.1) is 28.5 Å². The van der Waals surface area contributed by atoms with Crippen molar-refractivity contribution in [3.05, 3.63) is 41.1 Å². The van der Waals surface area contributed by atoms with Crippen molar-refractivity contribution in [3.63, 3.8) is 0 Å². The van der Waals surface area contributed by atoms with Gasteiger partial charge in [0.1, 0.15) is 12.4 Å². The molecular weight excluding hydrogens is 406 g/mol. The lowest BCUT2D eigenvalue weighted by molar-refractivity contribution is 0.100. The van der Waals surface area contributed by atoms with Crippen LogP contribution in [0, 0.1) is 13.8 Å². The molecule has 6 N–H and O–H groups in total. The van der Waals surface area contributed by atoms with E-state index in [4.69, 9.17) is 21.2 Å². The third-order valence-corrected chi connectivity index (χ3v) is 6.28. The lowest BCUT2D eigenvalue weighted by atomic mass is 10.1. The van der Waals surface area contributed by atoms with E-state index in [1.807, 2.05) is 32.0 Å². The van der Waals surface area contributed by atoms with Crippen LogP contribution in [0.3, 0.4) is 0 Å². The van der Waals surface area contributed by atoms with E-state index < -0.39 is 5.91 Å². The largest absolute Gasteiger partial charge is 0.475 e. The number of hydrogen-bond acceptors (Lipinski definition) is 6. The third-order valence-electron chi connectivity index (χ3n) is 6.28. The molecule has 3 heterocycles. The molecule has 0 unspecified atom stereocenters. The van der Waals surface area contributed by atoms with Crippen LogP contribution < -0.4 is 21.5 Å². The number of aromatic nitrogens is 4. The number of aromatic amines is 1. The van der Waals surface area contributed by atoms with Gasteiger partial charge in [0, 0.05) is 16.3 Å². The highest BCUT2D eigenvalue weighted by Crippen LogP contribution is 2.38. The first-order valence-corrected chi connectivity index (χ1v) is 10.8. The zero-order valence-corrected chi connectivity index (χ0v) is 18.5. The number of likely N-dealkylation sites (N-methyl/N-ethyl adjacent to an activating group) is 1. The van der Waals surface area contributed by atoms with Crippen molar-refractivity contribution in [1.82, 2.24) is 25.1 Å². The molecule has 9 nitrogen and oxygen atoms in total. The number of nitrogens with zero attached hydrogens (tertiary/aromatic N) is 3. The second-order valence-electron chi connectivity index (χ2n) is 8.60. The van der Waals surface area contributed by atoms with Gasteiger partial charge in [-0.25, -0.2) is 0 Å². The fraction of sp³-hybridized carbons (Fsp3) is 0.348. The number of pyridine rings is 1. The maximum Gasteiger partial charge on any atom is 0.253 e. The summed E-state index contributed by atoms with van der Waals surface area (Å²) in [6.07, 6.45) is 3.91. The van der Waals surface area contributed by atoms with Crippen LogP contribution in [0.1, 0.15) is 41.3 Å². The number of ether oxygens (including phenoxy) is 1. The topological polar surface area (TPSA) is 137 Å². The number of nitrogens with two attached hydrogens (primary N) is 2. The van der Waals surface area contributed by atoms with E-state index in [-0.39, 0.29) is 16.9 Å². The first-order valence-electron chi connectivity index (χ1n) is 10.8. The van der Waals surface area contributed by atoms with Gasteiger partial charge in [0.25, 0.3) is 5.91 Å². The minimum atomic E-state index is -0.595. The molecule has 9 heteroatoms. The number of rotatable bonds is 7. The summed E-state index contributed by atoms with van der Waals surface area (Å²) >= 11 is 0. The fourth-order valence-electron chi connectivity index (χ4n) is 4.45. The van der Waals surface area contributed by atoms with Crippen LogP contribution in [0.15, 0.2) is 24.4 Å². The molecule has 1 aliphatic rings. The van der Waals surface area contributed by atoms with Crippen molar-refractivity contribution in [3.8, 4) is 11.6 Å². The van der Waals surface area contributed by atoms with Gasteiger partial charge in [-0.2, -0.15) is 10.1 Å². The summed E-state index contributed by atoms with van der Waals surface area (Å²) < 4.78 is 7.95. The molecule has 1 fully saturated rings. The Morgan fingerprint density at radius 2 is 2.06 bits per heavy atom. The number of anilines is 1. The lowest BCUT2D eigenvalue weighted by Crippen LogP contribution is -2.36. The molecule has 166 valence electrons. The van der Waals surface area contributed by atoms with Gasteiger partial charge in [0.15, 0.2) is 5.65 Å². The summed E-state index contributed by atoms with van der Waals surface area (Å²) in [7, 11) is 0. The van der Waals surface area contributed by atoms with E-state index in [2.05, 4.69) is 22.4 Å². The summed E-state index contributed by atoms with van der Waals surface area (Å²) in [4.78, 5) is 17.2. The predicted octanol–water partition coefficient (Wildman–Crippen LogP) is 2.72. The van der Waals surface area contributed by atoms with Crippen molar-refractivity contribution in [2.45, 2.75) is 39.2 Å². The van der Waals surface area contributed by atoms with E-state index in [1.54, 1.807) is 10.8 Å². The maximum atomic E-state index is 12.4.